The van der Waals surface area contributed by atoms with Crippen LogP contribution in [0.3, 0.4) is 0 Å². The number of rotatable bonds is 8. The topological polar surface area (TPSA) is 120 Å². The van der Waals surface area contributed by atoms with E-state index in [1.54, 1.807) is 35.0 Å². The molecule has 4 aromatic rings. The van der Waals surface area contributed by atoms with Crippen LogP contribution in [0.2, 0.25) is 0 Å². The van der Waals surface area contributed by atoms with E-state index < -0.39 is 5.97 Å². The normalized spacial score (nSPS) is 10.8. The second-order valence-corrected chi connectivity index (χ2v) is 7.42. The van der Waals surface area contributed by atoms with E-state index in [2.05, 4.69) is 15.5 Å². The molecule has 4 N–H and O–H groups in total. The number of aromatic hydroxyl groups is 1. The average Bonchev–Trinajstić information content (AvgIpc) is 3.41. The van der Waals surface area contributed by atoms with Gasteiger partial charge in [0, 0.05) is 36.6 Å². The predicted octanol–water partition coefficient (Wildman–Crippen LogP) is 3.90. The molecule has 2 aromatic carbocycles. The fourth-order valence-electron chi connectivity index (χ4n) is 3.39. The molecule has 8 heteroatoms. The molecule has 0 radical (unpaired) electrons. The van der Waals surface area contributed by atoms with Crippen LogP contribution in [0.25, 0.3) is 11.3 Å². The van der Waals surface area contributed by atoms with Crippen LogP contribution >= 0.6 is 0 Å². The average molecular weight is 430 g/mol. The fraction of sp³-hybridized carbons (Fsp3) is 0.125. The number of aryl methyl sites for hydroxylation is 1. The van der Waals surface area contributed by atoms with E-state index in [0.29, 0.717) is 18.7 Å². The Hall–Kier alpha value is -4.33. The quantitative estimate of drug-likeness (QED) is 0.338. The molecule has 0 unspecified atom stereocenters. The van der Waals surface area contributed by atoms with Gasteiger partial charge in [-0.25, -0.2) is 4.79 Å². The van der Waals surface area contributed by atoms with Crippen molar-refractivity contribution in [3.8, 4) is 17.0 Å². The van der Waals surface area contributed by atoms with Gasteiger partial charge in [0.1, 0.15) is 11.3 Å². The van der Waals surface area contributed by atoms with Gasteiger partial charge in [0.15, 0.2) is 0 Å². The first kappa shape index (κ1) is 20.9. The van der Waals surface area contributed by atoms with E-state index in [0.717, 1.165) is 16.8 Å². The Balaban J connectivity index is 1.38. The molecule has 0 saturated carbocycles. The lowest BCUT2D eigenvalue weighted by molar-refractivity contribution is -0.116. The largest absolute Gasteiger partial charge is 0.508 e. The first-order valence-corrected chi connectivity index (χ1v) is 10.1. The maximum Gasteiger partial charge on any atom is 0.339 e. The monoisotopic (exact) mass is 430 g/mol. The summed E-state index contributed by atoms with van der Waals surface area (Å²) in [4.78, 5) is 24.1. The van der Waals surface area contributed by atoms with Crippen molar-refractivity contribution in [1.29, 1.82) is 0 Å². The van der Waals surface area contributed by atoms with Gasteiger partial charge in [0.05, 0.1) is 11.4 Å². The van der Waals surface area contributed by atoms with Crippen molar-refractivity contribution in [1.82, 2.24) is 14.8 Å². The maximum absolute atomic E-state index is 12.5. The number of amides is 1. The van der Waals surface area contributed by atoms with Crippen molar-refractivity contribution in [3.05, 3.63) is 89.9 Å². The molecule has 0 atom stereocenters. The Morgan fingerprint density at radius 1 is 1.03 bits per heavy atom. The summed E-state index contributed by atoms with van der Waals surface area (Å²) in [5.41, 5.74) is 3.69. The molecule has 8 nitrogen and oxygen atoms in total. The number of H-pyrrole nitrogens is 1. The number of carbonyl (C=O) groups excluding carboxylic acids is 1. The molecular formula is C24H22N4O4. The summed E-state index contributed by atoms with van der Waals surface area (Å²) in [6.07, 6.45) is 3.74. The number of carbonyl (C=O) groups is 2. The van der Waals surface area contributed by atoms with Gasteiger partial charge in [0.2, 0.25) is 5.91 Å². The number of phenols is 1. The Bertz CT molecular complexity index is 1230. The van der Waals surface area contributed by atoms with E-state index in [4.69, 9.17) is 0 Å². The van der Waals surface area contributed by atoms with Gasteiger partial charge in [0.25, 0.3) is 0 Å². The summed E-state index contributed by atoms with van der Waals surface area (Å²) in [5.74, 6) is -1.20. The molecule has 0 aliphatic rings. The van der Waals surface area contributed by atoms with Gasteiger partial charge in [-0.3, -0.25) is 9.89 Å². The van der Waals surface area contributed by atoms with Crippen LogP contribution in [0.5, 0.6) is 5.75 Å². The van der Waals surface area contributed by atoms with Crippen LogP contribution in [0.1, 0.15) is 28.0 Å². The minimum Gasteiger partial charge on any atom is -0.508 e. The first-order valence-electron chi connectivity index (χ1n) is 10.1. The third-order valence-corrected chi connectivity index (χ3v) is 5.01. The van der Waals surface area contributed by atoms with Crippen molar-refractivity contribution in [2.45, 2.75) is 19.4 Å². The van der Waals surface area contributed by atoms with Crippen molar-refractivity contribution in [2.24, 2.45) is 0 Å². The molecule has 4 rings (SSSR count). The molecule has 0 spiro atoms. The molecule has 0 aliphatic carbocycles. The highest BCUT2D eigenvalue weighted by molar-refractivity contribution is 6.00. The van der Waals surface area contributed by atoms with Crippen molar-refractivity contribution in [3.63, 3.8) is 0 Å². The summed E-state index contributed by atoms with van der Waals surface area (Å²) in [6, 6.07) is 18.2. The summed E-state index contributed by atoms with van der Waals surface area (Å²) in [6.45, 7) is 0.505. The number of aromatic carboxylic acids is 1. The van der Waals surface area contributed by atoms with Gasteiger partial charge >= 0.3 is 5.97 Å². The van der Waals surface area contributed by atoms with Gasteiger partial charge in [-0.15, -0.1) is 0 Å². The molecular weight excluding hydrogens is 408 g/mol. The van der Waals surface area contributed by atoms with Gasteiger partial charge < -0.3 is 20.1 Å². The fourth-order valence-corrected chi connectivity index (χ4v) is 3.39. The highest BCUT2D eigenvalue weighted by atomic mass is 16.4. The second-order valence-electron chi connectivity index (χ2n) is 7.42. The summed E-state index contributed by atoms with van der Waals surface area (Å²) in [7, 11) is 0. The Kier molecular flexibility index (Phi) is 6.03. The maximum atomic E-state index is 12.5. The van der Waals surface area contributed by atoms with Gasteiger partial charge in [-0.05, 0) is 42.3 Å². The molecule has 0 bridgehead atoms. The molecule has 2 heterocycles. The SMILES string of the molecule is O=C(CCc1cc(-c2ccc(O)cc2)n[nH]1)Nc1cn(Cc2ccccc2)cc1C(=O)O. The lowest BCUT2D eigenvalue weighted by Gasteiger charge is -2.04. The van der Waals surface area contributed by atoms with E-state index in [-0.39, 0.29) is 29.3 Å². The number of aromatic amines is 1. The molecule has 0 saturated heterocycles. The smallest absolute Gasteiger partial charge is 0.339 e. The van der Waals surface area contributed by atoms with E-state index >= 15 is 0 Å². The third kappa shape index (κ3) is 5.04. The number of nitrogens with zero attached hydrogens (tertiary/aromatic N) is 2. The zero-order valence-corrected chi connectivity index (χ0v) is 17.2. The van der Waals surface area contributed by atoms with E-state index in [1.807, 2.05) is 36.4 Å². The second kappa shape index (κ2) is 9.22. The van der Waals surface area contributed by atoms with Gasteiger partial charge in [-0.2, -0.15) is 5.10 Å². The number of benzene rings is 2. The number of aromatic nitrogens is 3. The lowest BCUT2D eigenvalue weighted by Crippen LogP contribution is -2.14. The Labute approximate surface area is 184 Å². The van der Waals surface area contributed by atoms with E-state index in [1.165, 1.54) is 6.20 Å². The lowest BCUT2D eigenvalue weighted by atomic mass is 10.1. The standard InChI is InChI=1S/C24H22N4O4/c29-19-9-6-17(7-10-19)21-12-18(26-27-21)8-11-23(30)25-22-15-28(14-20(22)24(31)32)13-16-4-2-1-3-5-16/h1-7,9-10,12,14-15,29H,8,11,13H2,(H,25,30)(H,26,27)(H,31,32). The van der Waals surface area contributed by atoms with Crippen molar-refractivity contribution in [2.75, 3.05) is 5.32 Å². The molecule has 32 heavy (non-hydrogen) atoms. The number of hydrogen-bond donors (Lipinski definition) is 4. The van der Waals surface area contributed by atoms with Crippen molar-refractivity contribution >= 4 is 17.6 Å². The minimum atomic E-state index is -1.10. The Morgan fingerprint density at radius 3 is 2.50 bits per heavy atom. The zero-order valence-electron chi connectivity index (χ0n) is 17.2. The first-order chi connectivity index (χ1) is 15.5. The number of carboxylic acids is 1. The molecule has 1 amide bonds. The van der Waals surface area contributed by atoms with Crippen LogP contribution in [0, 0.1) is 0 Å². The predicted molar refractivity (Wildman–Crippen MR) is 120 cm³/mol. The summed E-state index contributed by atoms with van der Waals surface area (Å²) >= 11 is 0. The number of anilines is 1. The molecule has 0 aliphatic heterocycles. The number of nitrogens with one attached hydrogen (secondary N) is 2. The van der Waals surface area contributed by atoms with Crippen LogP contribution in [0.15, 0.2) is 73.1 Å². The molecule has 0 fully saturated rings. The number of phenolic OH excluding ortho intramolecular Hbond substituents is 1. The highest BCUT2D eigenvalue weighted by Crippen LogP contribution is 2.22. The number of hydrogen-bond acceptors (Lipinski definition) is 4. The molecule has 162 valence electrons. The van der Waals surface area contributed by atoms with Crippen LogP contribution < -0.4 is 5.32 Å². The van der Waals surface area contributed by atoms with Crippen LogP contribution in [-0.4, -0.2) is 36.9 Å². The van der Waals surface area contributed by atoms with Gasteiger partial charge in [-0.1, -0.05) is 30.3 Å². The highest BCUT2D eigenvalue weighted by Gasteiger charge is 2.16. The van der Waals surface area contributed by atoms with E-state index in [9.17, 15) is 19.8 Å². The summed E-state index contributed by atoms with van der Waals surface area (Å²) < 4.78 is 1.74. The Morgan fingerprint density at radius 2 is 1.78 bits per heavy atom. The van der Waals surface area contributed by atoms with Crippen molar-refractivity contribution < 1.29 is 19.8 Å². The number of carboxylic acid groups (broad SMARTS) is 1. The summed E-state index contributed by atoms with van der Waals surface area (Å²) in [5, 5.41) is 28.8. The third-order valence-electron chi connectivity index (χ3n) is 5.01. The minimum absolute atomic E-state index is 0.0467. The molecule has 2 aromatic heterocycles. The van der Waals surface area contributed by atoms with Crippen LogP contribution in [-0.2, 0) is 17.8 Å². The zero-order chi connectivity index (χ0) is 22.5. The van der Waals surface area contributed by atoms with Crippen LogP contribution in [0.4, 0.5) is 5.69 Å².